The summed E-state index contributed by atoms with van der Waals surface area (Å²) in [6, 6.07) is 10.3. The number of hydrogen-bond donors (Lipinski definition) is 1. The maximum Gasteiger partial charge on any atom is 0.242 e. The van der Waals surface area contributed by atoms with E-state index in [4.69, 9.17) is 0 Å². The summed E-state index contributed by atoms with van der Waals surface area (Å²) in [7, 11) is 0. The second-order valence-electron chi connectivity index (χ2n) is 7.30. The molecule has 1 saturated carbocycles. The second kappa shape index (κ2) is 7.37. The fraction of sp³-hybridized carbons (Fsp3) is 0.600. The predicted octanol–water partition coefficient (Wildman–Crippen LogP) is 3.02. The van der Waals surface area contributed by atoms with Crippen LogP contribution in [0.3, 0.4) is 0 Å². The first-order chi connectivity index (χ1) is 11.6. The van der Waals surface area contributed by atoms with Crippen LogP contribution >= 0.6 is 0 Å². The number of carbonyl (C=O) groups is 2. The number of carbonyl (C=O) groups excluding carboxylic acids is 2. The van der Waals surface area contributed by atoms with Crippen LogP contribution in [-0.2, 0) is 15.0 Å². The molecule has 0 radical (unpaired) electrons. The van der Waals surface area contributed by atoms with Gasteiger partial charge in [0.1, 0.15) is 6.04 Å². The number of benzene rings is 1. The van der Waals surface area contributed by atoms with Gasteiger partial charge in [0, 0.05) is 25.4 Å². The Kier molecular flexibility index (Phi) is 5.22. The highest BCUT2D eigenvalue weighted by molar-refractivity contribution is 5.87. The monoisotopic (exact) mass is 328 g/mol. The first-order valence-corrected chi connectivity index (χ1v) is 9.23. The molecule has 1 aliphatic carbocycles. The van der Waals surface area contributed by atoms with Crippen molar-refractivity contribution in [2.24, 2.45) is 0 Å². The van der Waals surface area contributed by atoms with Crippen molar-refractivity contribution >= 4 is 11.8 Å². The lowest BCUT2D eigenvalue weighted by Crippen LogP contribution is -2.49. The van der Waals surface area contributed by atoms with Crippen LogP contribution in [-0.4, -0.2) is 35.8 Å². The van der Waals surface area contributed by atoms with Crippen molar-refractivity contribution in [1.29, 1.82) is 0 Å². The van der Waals surface area contributed by atoms with Gasteiger partial charge in [0.2, 0.25) is 11.8 Å². The molecular formula is C20H28N2O2. The zero-order valence-electron chi connectivity index (χ0n) is 14.6. The van der Waals surface area contributed by atoms with Crippen LogP contribution in [0, 0.1) is 0 Å². The summed E-state index contributed by atoms with van der Waals surface area (Å²) in [5.41, 5.74) is 1.38. The molecule has 0 spiro atoms. The number of nitrogens with zero attached hydrogens (tertiary/aromatic N) is 1. The van der Waals surface area contributed by atoms with Gasteiger partial charge in [0.25, 0.3) is 0 Å². The smallest absolute Gasteiger partial charge is 0.242 e. The summed E-state index contributed by atoms with van der Waals surface area (Å²) in [5.74, 6) is 0.0201. The molecule has 0 bridgehead atoms. The van der Waals surface area contributed by atoms with Gasteiger partial charge in [-0.1, -0.05) is 49.6 Å². The summed E-state index contributed by atoms with van der Waals surface area (Å²) in [4.78, 5) is 26.1. The molecule has 1 N–H and O–H groups in total. The highest BCUT2D eigenvalue weighted by Gasteiger charge is 2.37. The molecule has 0 aromatic heterocycles. The molecule has 2 fully saturated rings. The van der Waals surface area contributed by atoms with Gasteiger partial charge in [0.15, 0.2) is 0 Å². The van der Waals surface area contributed by atoms with E-state index in [9.17, 15) is 9.59 Å². The lowest BCUT2D eigenvalue weighted by Gasteiger charge is -2.38. The topological polar surface area (TPSA) is 49.4 Å². The van der Waals surface area contributed by atoms with E-state index < -0.39 is 0 Å². The maximum atomic E-state index is 12.7. The number of nitrogens with one attached hydrogen (secondary N) is 1. The normalized spacial score (nSPS) is 23.0. The summed E-state index contributed by atoms with van der Waals surface area (Å²) < 4.78 is 0. The lowest BCUT2D eigenvalue weighted by molar-refractivity contribution is -0.137. The van der Waals surface area contributed by atoms with Gasteiger partial charge in [-0.25, -0.2) is 0 Å². The van der Waals surface area contributed by atoms with Gasteiger partial charge in [0.05, 0.1) is 0 Å². The molecule has 130 valence electrons. The van der Waals surface area contributed by atoms with E-state index in [1.54, 1.807) is 11.8 Å². The largest absolute Gasteiger partial charge is 0.353 e. The Labute approximate surface area is 144 Å². The van der Waals surface area contributed by atoms with Crippen LogP contribution in [0.1, 0.15) is 57.4 Å². The Morgan fingerprint density at radius 3 is 2.50 bits per heavy atom. The van der Waals surface area contributed by atoms with Crippen molar-refractivity contribution in [3.05, 3.63) is 35.9 Å². The molecule has 1 aromatic rings. The van der Waals surface area contributed by atoms with Gasteiger partial charge < -0.3 is 10.2 Å². The number of likely N-dealkylation sites (tertiary alicyclic amines) is 1. The van der Waals surface area contributed by atoms with Crippen LogP contribution in [0.2, 0.25) is 0 Å². The van der Waals surface area contributed by atoms with E-state index in [1.807, 2.05) is 6.07 Å². The first kappa shape index (κ1) is 17.0. The molecule has 3 rings (SSSR count). The quantitative estimate of drug-likeness (QED) is 0.923. The number of hydrogen-bond acceptors (Lipinski definition) is 2. The lowest BCUT2D eigenvalue weighted by atomic mass is 9.69. The molecule has 4 nitrogen and oxygen atoms in total. The van der Waals surface area contributed by atoms with Gasteiger partial charge in [-0.3, -0.25) is 9.59 Å². The molecule has 0 unspecified atom stereocenters. The molecule has 2 aliphatic rings. The fourth-order valence-corrected chi connectivity index (χ4v) is 4.38. The maximum absolute atomic E-state index is 12.7. The molecule has 24 heavy (non-hydrogen) atoms. The van der Waals surface area contributed by atoms with Crippen LogP contribution < -0.4 is 5.32 Å². The zero-order valence-corrected chi connectivity index (χ0v) is 14.6. The van der Waals surface area contributed by atoms with E-state index in [0.29, 0.717) is 13.1 Å². The minimum Gasteiger partial charge on any atom is -0.353 e. The highest BCUT2D eigenvalue weighted by atomic mass is 16.2. The molecule has 1 saturated heterocycles. The predicted molar refractivity (Wildman–Crippen MR) is 94.6 cm³/mol. The SMILES string of the molecule is CC(=O)N1CCC[C@H]1C(=O)NCC1(c2ccccc2)CCCCC1. The standard InChI is InChI=1S/C20H28N2O2/c1-16(23)22-14-8-11-18(22)19(24)21-15-20(12-6-3-7-13-20)17-9-4-2-5-10-17/h2,4-5,9-10,18H,3,6-8,11-15H2,1H3,(H,21,24)/t18-/m0/s1. The van der Waals surface area contributed by atoms with Crippen LogP contribution in [0.5, 0.6) is 0 Å². The van der Waals surface area contributed by atoms with Gasteiger partial charge >= 0.3 is 0 Å². The highest BCUT2D eigenvalue weighted by Crippen LogP contribution is 2.39. The van der Waals surface area contributed by atoms with Gasteiger partial charge in [-0.15, -0.1) is 0 Å². The third kappa shape index (κ3) is 3.47. The van der Waals surface area contributed by atoms with E-state index in [1.165, 1.54) is 24.8 Å². The molecule has 1 atom stereocenters. The molecule has 4 heteroatoms. The van der Waals surface area contributed by atoms with Crippen LogP contribution in [0.25, 0.3) is 0 Å². The minimum atomic E-state index is -0.279. The van der Waals surface area contributed by atoms with E-state index >= 15 is 0 Å². The molecule has 1 heterocycles. The Morgan fingerprint density at radius 2 is 1.83 bits per heavy atom. The van der Waals surface area contributed by atoms with Crippen molar-refractivity contribution in [2.75, 3.05) is 13.1 Å². The molecular weight excluding hydrogens is 300 g/mol. The van der Waals surface area contributed by atoms with E-state index in [-0.39, 0.29) is 23.3 Å². The van der Waals surface area contributed by atoms with E-state index in [0.717, 1.165) is 25.7 Å². The summed E-state index contributed by atoms with van der Waals surface area (Å²) in [5, 5.41) is 3.19. The summed E-state index contributed by atoms with van der Waals surface area (Å²) in [6.07, 6.45) is 7.66. The van der Waals surface area contributed by atoms with Gasteiger partial charge in [-0.05, 0) is 31.2 Å². The van der Waals surface area contributed by atoms with Crippen LogP contribution in [0.4, 0.5) is 0 Å². The van der Waals surface area contributed by atoms with Crippen molar-refractivity contribution in [2.45, 2.75) is 63.3 Å². The van der Waals surface area contributed by atoms with Gasteiger partial charge in [-0.2, -0.15) is 0 Å². The average Bonchev–Trinajstić information content (AvgIpc) is 3.11. The fourth-order valence-electron chi connectivity index (χ4n) is 4.38. The summed E-state index contributed by atoms with van der Waals surface area (Å²) >= 11 is 0. The van der Waals surface area contributed by atoms with Crippen molar-refractivity contribution in [3.63, 3.8) is 0 Å². The first-order valence-electron chi connectivity index (χ1n) is 9.23. The third-order valence-corrected chi connectivity index (χ3v) is 5.76. The van der Waals surface area contributed by atoms with Crippen molar-refractivity contribution < 1.29 is 9.59 Å². The van der Waals surface area contributed by atoms with Crippen LogP contribution in [0.15, 0.2) is 30.3 Å². The Morgan fingerprint density at radius 1 is 1.12 bits per heavy atom. The Balaban J connectivity index is 1.70. The Bertz CT molecular complexity index is 579. The number of rotatable bonds is 4. The molecule has 1 aromatic carbocycles. The van der Waals surface area contributed by atoms with Crippen molar-refractivity contribution in [3.8, 4) is 0 Å². The zero-order chi connectivity index (χ0) is 17.0. The third-order valence-electron chi connectivity index (χ3n) is 5.76. The minimum absolute atomic E-state index is 0.00286. The molecule has 1 aliphatic heterocycles. The molecule has 2 amide bonds. The Hall–Kier alpha value is -1.84. The number of amides is 2. The van der Waals surface area contributed by atoms with E-state index in [2.05, 4.69) is 29.6 Å². The average molecular weight is 328 g/mol. The van der Waals surface area contributed by atoms with Crippen molar-refractivity contribution in [1.82, 2.24) is 10.2 Å². The summed E-state index contributed by atoms with van der Waals surface area (Å²) in [6.45, 7) is 2.94. The second-order valence-corrected chi connectivity index (χ2v) is 7.30.